The lowest BCUT2D eigenvalue weighted by atomic mass is 9.85. The fraction of sp³-hybridized carbons (Fsp3) is 0.818. The number of hydrogen-bond acceptors (Lipinski definition) is 5. The maximum absolute atomic E-state index is 12.0. The Labute approximate surface area is 99.6 Å². The topological polar surface area (TPSA) is 73.9 Å². The first-order valence-corrected chi connectivity index (χ1v) is 5.75. The van der Waals surface area contributed by atoms with Crippen molar-refractivity contribution >= 4 is 11.9 Å². The number of carbonyl (C=O) groups is 2. The Morgan fingerprint density at radius 1 is 1.47 bits per heavy atom. The summed E-state index contributed by atoms with van der Waals surface area (Å²) in [4.78, 5) is 23.5. The van der Waals surface area contributed by atoms with Gasteiger partial charge in [-0.05, 0) is 12.8 Å². The molecule has 0 saturated carbocycles. The molecule has 0 radical (unpaired) electrons. The van der Waals surface area contributed by atoms with Gasteiger partial charge in [0.25, 0.3) is 0 Å². The number of amides is 1. The molecule has 6 nitrogen and oxygen atoms in total. The van der Waals surface area contributed by atoms with E-state index in [1.54, 1.807) is 0 Å². The molecule has 2 aliphatic heterocycles. The van der Waals surface area contributed by atoms with Gasteiger partial charge < -0.3 is 19.5 Å². The average Bonchev–Trinajstić information content (AvgIpc) is 2.77. The van der Waals surface area contributed by atoms with Crippen LogP contribution in [0.15, 0.2) is 0 Å². The molecule has 0 spiro atoms. The van der Waals surface area contributed by atoms with Crippen molar-refractivity contribution in [2.24, 2.45) is 5.41 Å². The highest BCUT2D eigenvalue weighted by Gasteiger charge is 2.54. The molecule has 0 aromatic carbocycles. The lowest BCUT2D eigenvalue weighted by Crippen LogP contribution is -2.60. The molecule has 17 heavy (non-hydrogen) atoms. The van der Waals surface area contributed by atoms with Gasteiger partial charge in [-0.3, -0.25) is 9.59 Å². The van der Waals surface area contributed by atoms with Crippen molar-refractivity contribution in [3.8, 4) is 0 Å². The van der Waals surface area contributed by atoms with E-state index in [2.05, 4.69) is 10.1 Å². The van der Waals surface area contributed by atoms with E-state index in [1.807, 2.05) is 0 Å². The Kier molecular flexibility index (Phi) is 3.63. The van der Waals surface area contributed by atoms with Crippen LogP contribution in [-0.2, 0) is 23.8 Å². The molecule has 0 aliphatic carbocycles. The summed E-state index contributed by atoms with van der Waals surface area (Å²) in [7, 11) is 1.27. The van der Waals surface area contributed by atoms with Gasteiger partial charge in [0.1, 0.15) is 0 Å². The molecule has 0 aromatic rings. The molecule has 2 saturated heterocycles. The lowest BCUT2D eigenvalue weighted by molar-refractivity contribution is -0.188. The van der Waals surface area contributed by atoms with Crippen molar-refractivity contribution in [1.82, 2.24) is 5.32 Å². The zero-order valence-electron chi connectivity index (χ0n) is 9.86. The Morgan fingerprint density at radius 2 is 2.24 bits per heavy atom. The van der Waals surface area contributed by atoms with Crippen molar-refractivity contribution in [3.05, 3.63) is 0 Å². The Balaban J connectivity index is 1.86. The van der Waals surface area contributed by atoms with Gasteiger partial charge in [0, 0.05) is 13.2 Å². The molecule has 2 fully saturated rings. The van der Waals surface area contributed by atoms with Crippen LogP contribution in [0.5, 0.6) is 0 Å². The number of carbonyl (C=O) groups excluding carboxylic acids is 2. The average molecular weight is 243 g/mol. The summed E-state index contributed by atoms with van der Waals surface area (Å²) in [5, 5.41) is 2.74. The van der Waals surface area contributed by atoms with E-state index in [0.29, 0.717) is 6.54 Å². The van der Waals surface area contributed by atoms with Crippen molar-refractivity contribution in [2.75, 3.05) is 33.5 Å². The summed E-state index contributed by atoms with van der Waals surface area (Å²) in [5.74, 6) is -0.861. The third-order valence-electron chi connectivity index (χ3n) is 3.22. The van der Waals surface area contributed by atoms with Crippen molar-refractivity contribution in [2.45, 2.75) is 18.9 Å². The van der Waals surface area contributed by atoms with Crippen molar-refractivity contribution < 1.29 is 23.8 Å². The van der Waals surface area contributed by atoms with E-state index in [-0.39, 0.29) is 25.2 Å². The fourth-order valence-electron chi connectivity index (χ4n) is 2.02. The van der Waals surface area contributed by atoms with Crippen LogP contribution in [0.4, 0.5) is 0 Å². The molecule has 6 heteroatoms. The third-order valence-corrected chi connectivity index (χ3v) is 3.22. The fourth-order valence-corrected chi connectivity index (χ4v) is 2.02. The minimum Gasteiger partial charge on any atom is -0.468 e. The Bertz CT molecular complexity index is 307. The van der Waals surface area contributed by atoms with Gasteiger partial charge in [0.2, 0.25) is 5.91 Å². The molecule has 2 aliphatic rings. The maximum atomic E-state index is 12.0. The molecule has 2 rings (SSSR count). The Morgan fingerprint density at radius 3 is 2.71 bits per heavy atom. The number of esters is 1. The zero-order valence-corrected chi connectivity index (χ0v) is 9.86. The second-order valence-electron chi connectivity index (χ2n) is 4.41. The summed E-state index contributed by atoms with van der Waals surface area (Å²) in [6.45, 7) is 1.37. The number of nitrogens with one attached hydrogen (secondary N) is 1. The molecule has 1 atom stereocenters. The molecule has 96 valence electrons. The minimum atomic E-state index is -1.15. The highest BCUT2D eigenvalue weighted by molar-refractivity contribution is 6.03. The van der Waals surface area contributed by atoms with Crippen LogP contribution in [0, 0.1) is 5.41 Å². The smallest absolute Gasteiger partial charge is 0.326 e. The van der Waals surface area contributed by atoms with Gasteiger partial charge in [-0.25, -0.2) is 0 Å². The monoisotopic (exact) mass is 243 g/mol. The summed E-state index contributed by atoms with van der Waals surface area (Å²) in [6.07, 6.45) is 2.03. The molecular weight excluding hydrogens is 226 g/mol. The molecule has 0 aromatic heterocycles. The number of rotatable bonds is 4. The van der Waals surface area contributed by atoms with E-state index in [4.69, 9.17) is 9.47 Å². The van der Waals surface area contributed by atoms with Crippen LogP contribution in [0.3, 0.4) is 0 Å². The Hall–Kier alpha value is -1.14. The van der Waals surface area contributed by atoms with Gasteiger partial charge in [-0.15, -0.1) is 0 Å². The quantitative estimate of drug-likeness (QED) is 0.531. The van der Waals surface area contributed by atoms with Crippen LogP contribution >= 0.6 is 0 Å². The zero-order chi connectivity index (χ0) is 12.3. The van der Waals surface area contributed by atoms with Gasteiger partial charge in [0.15, 0.2) is 5.41 Å². The first kappa shape index (κ1) is 12.3. The normalized spacial score (nSPS) is 26.1. The first-order chi connectivity index (χ1) is 8.19. The van der Waals surface area contributed by atoms with Crippen LogP contribution in [-0.4, -0.2) is 51.5 Å². The number of ether oxygens (including phenoxy) is 3. The van der Waals surface area contributed by atoms with Gasteiger partial charge in [0.05, 0.1) is 26.4 Å². The first-order valence-electron chi connectivity index (χ1n) is 5.75. The van der Waals surface area contributed by atoms with Gasteiger partial charge in [-0.2, -0.15) is 0 Å². The second-order valence-corrected chi connectivity index (χ2v) is 4.41. The predicted octanol–water partition coefficient (Wildman–Crippen LogP) is -0.529. The van der Waals surface area contributed by atoms with Gasteiger partial charge >= 0.3 is 5.97 Å². The van der Waals surface area contributed by atoms with Crippen LogP contribution in [0.2, 0.25) is 0 Å². The van der Waals surface area contributed by atoms with Crippen LogP contribution < -0.4 is 5.32 Å². The third kappa shape index (κ3) is 2.28. The van der Waals surface area contributed by atoms with Gasteiger partial charge in [-0.1, -0.05) is 0 Å². The van der Waals surface area contributed by atoms with E-state index < -0.39 is 11.4 Å². The predicted molar refractivity (Wildman–Crippen MR) is 57.3 cm³/mol. The summed E-state index contributed by atoms with van der Waals surface area (Å²) >= 11 is 0. The number of hydrogen-bond donors (Lipinski definition) is 1. The second kappa shape index (κ2) is 5.01. The minimum absolute atomic E-state index is 0.0645. The molecule has 1 N–H and O–H groups in total. The standard InChI is InChI=1S/C11H17NO5/c1-15-10(14)11(6-16-7-11)9(13)12-5-8-3-2-4-17-8/h8H,2-7H2,1H3,(H,12,13). The van der Waals surface area contributed by atoms with Crippen molar-refractivity contribution in [3.63, 3.8) is 0 Å². The van der Waals surface area contributed by atoms with E-state index in [9.17, 15) is 9.59 Å². The molecular formula is C11H17NO5. The molecule has 0 bridgehead atoms. The SMILES string of the molecule is COC(=O)C1(C(=O)NCC2CCCO2)COC1. The van der Waals surface area contributed by atoms with E-state index in [0.717, 1.165) is 19.4 Å². The van der Waals surface area contributed by atoms with Crippen molar-refractivity contribution in [1.29, 1.82) is 0 Å². The van der Waals surface area contributed by atoms with Crippen LogP contribution in [0.1, 0.15) is 12.8 Å². The molecule has 2 heterocycles. The molecule has 1 unspecified atom stereocenters. The largest absolute Gasteiger partial charge is 0.468 e. The van der Waals surface area contributed by atoms with Crippen LogP contribution in [0.25, 0.3) is 0 Å². The maximum Gasteiger partial charge on any atom is 0.326 e. The van der Waals surface area contributed by atoms with E-state index >= 15 is 0 Å². The summed E-state index contributed by atoms with van der Waals surface area (Å²) in [5.41, 5.74) is -1.15. The van der Waals surface area contributed by atoms with E-state index in [1.165, 1.54) is 7.11 Å². The molecule has 1 amide bonds. The summed E-state index contributed by atoms with van der Waals surface area (Å²) in [6, 6.07) is 0. The summed E-state index contributed by atoms with van der Waals surface area (Å²) < 4.78 is 15.0. The number of methoxy groups -OCH3 is 1. The highest BCUT2D eigenvalue weighted by Crippen LogP contribution is 2.29. The highest BCUT2D eigenvalue weighted by atomic mass is 16.5. The lowest BCUT2D eigenvalue weighted by Gasteiger charge is -2.36.